The van der Waals surface area contributed by atoms with Crippen molar-refractivity contribution in [3.8, 4) is 5.88 Å². The molecule has 1 aromatic heterocycles. The number of quaternary nitrogens is 1. The molecule has 176 valence electrons. The van der Waals surface area contributed by atoms with Gasteiger partial charge in [0, 0.05) is 25.9 Å². The molecule has 0 spiro atoms. The van der Waals surface area contributed by atoms with E-state index < -0.39 is 11.9 Å². The van der Waals surface area contributed by atoms with E-state index in [9.17, 15) is 9.59 Å². The van der Waals surface area contributed by atoms with Crippen LogP contribution >= 0.6 is 0 Å². The van der Waals surface area contributed by atoms with E-state index in [0.29, 0.717) is 5.88 Å². The number of nitrogens with two attached hydrogens (primary N) is 1. The highest BCUT2D eigenvalue weighted by molar-refractivity contribution is 5.93. The van der Waals surface area contributed by atoms with E-state index in [1.807, 2.05) is 24.3 Å². The molecule has 1 aromatic carbocycles. The zero-order valence-corrected chi connectivity index (χ0v) is 19.1. The average Bonchev–Trinajstić information content (AvgIpc) is 2.83. The highest BCUT2D eigenvalue weighted by atomic mass is 16.5. The normalized spacial score (nSPS) is 12.3. The molecular formula is C22H31N8O3+. The average molecular weight is 456 g/mol. The van der Waals surface area contributed by atoms with E-state index in [1.54, 1.807) is 19.3 Å². The topological polar surface area (TPSA) is 162 Å². The number of ether oxygens (including phenoxy) is 1. The van der Waals surface area contributed by atoms with Gasteiger partial charge in [-0.2, -0.15) is 0 Å². The van der Waals surface area contributed by atoms with Gasteiger partial charge in [-0.3, -0.25) is 14.6 Å². The van der Waals surface area contributed by atoms with E-state index in [0.717, 1.165) is 12.0 Å². The molecule has 1 atom stereocenters. The molecule has 0 aliphatic rings. The number of hydrogen-bond donors (Lipinski definition) is 4. The number of carbonyl (C=O) groups excluding carboxylic acids is 2. The Morgan fingerprint density at radius 3 is 2.55 bits per heavy atom. The third-order valence-corrected chi connectivity index (χ3v) is 4.68. The van der Waals surface area contributed by atoms with E-state index in [2.05, 4.69) is 38.5 Å². The van der Waals surface area contributed by atoms with Crippen molar-refractivity contribution in [2.45, 2.75) is 19.4 Å². The molecule has 7 N–H and O–H groups in total. The van der Waals surface area contributed by atoms with Gasteiger partial charge in [0.25, 0.3) is 5.91 Å². The fraction of sp³-hybridized carbons (Fsp3) is 0.318. The third kappa shape index (κ3) is 7.98. The Bertz CT molecular complexity index is 974. The number of benzene rings is 1. The summed E-state index contributed by atoms with van der Waals surface area (Å²) in [5.41, 5.74) is 6.23. The maximum Gasteiger partial charge on any atom is 0.307 e. The number of rotatable bonds is 11. The van der Waals surface area contributed by atoms with Crippen molar-refractivity contribution in [3.63, 3.8) is 0 Å². The van der Waals surface area contributed by atoms with Crippen LogP contribution < -0.4 is 26.9 Å². The smallest absolute Gasteiger partial charge is 0.307 e. The summed E-state index contributed by atoms with van der Waals surface area (Å²) >= 11 is 0. The molecule has 2 amide bonds. The summed E-state index contributed by atoms with van der Waals surface area (Å²) in [4.78, 5) is 28.7. The number of amides is 2. The minimum atomic E-state index is -0.397. The molecule has 0 radical (unpaired) electrons. The van der Waals surface area contributed by atoms with Crippen LogP contribution in [0.1, 0.15) is 34.6 Å². The van der Waals surface area contributed by atoms with Crippen LogP contribution in [0, 0.1) is 0 Å². The van der Waals surface area contributed by atoms with E-state index >= 15 is 0 Å². The second kappa shape index (κ2) is 12.9. The Hall–Kier alpha value is -3.83. The maximum atomic E-state index is 12.6. The Morgan fingerprint density at radius 1 is 1.24 bits per heavy atom. The number of nitrogens with zero attached hydrogens (tertiary/aromatic N) is 4. The van der Waals surface area contributed by atoms with Crippen LogP contribution in [0.4, 0.5) is 0 Å². The first-order valence-electron chi connectivity index (χ1n) is 10.4. The van der Waals surface area contributed by atoms with Crippen molar-refractivity contribution in [1.82, 2.24) is 25.8 Å². The van der Waals surface area contributed by atoms with Crippen LogP contribution in [0.25, 0.3) is 0 Å². The number of nitrogens with one attached hydrogen (secondary N) is 2. The predicted molar refractivity (Wildman–Crippen MR) is 124 cm³/mol. The molecule has 0 saturated carbocycles. The van der Waals surface area contributed by atoms with Gasteiger partial charge in [0.2, 0.25) is 11.6 Å². The number of hydrogen-bond acceptors (Lipinski definition) is 8. The lowest BCUT2D eigenvalue weighted by Gasteiger charge is -2.16. The molecule has 1 heterocycles. The molecule has 2 rings (SSSR count). The Kier molecular flexibility index (Phi) is 9.93. The molecule has 11 heteroatoms. The summed E-state index contributed by atoms with van der Waals surface area (Å²) < 4.78 is 4.91. The minimum absolute atomic E-state index is 0.155. The first kappa shape index (κ1) is 25.4. The van der Waals surface area contributed by atoms with E-state index in [1.165, 1.54) is 29.9 Å². The second-order valence-electron chi connectivity index (χ2n) is 7.06. The lowest BCUT2D eigenvalue weighted by Crippen LogP contribution is -2.56. The lowest BCUT2D eigenvalue weighted by atomic mass is 10.0. The highest BCUT2D eigenvalue weighted by Crippen LogP contribution is 2.13. The first-order valence-corrected chi connectivity index (χ1v) is 10.4. The maximum absolute atomic E-state index is 12.6. The minimum Gasteiger partial charge on any atom is -0.480 e. The molecule has 2 aromatic rings. The van der Waals surface area contributed by atoms with Crippen LogP contribution in [0.2, 0.25) is 0 Å². The predicted octanol–water partition coefficient (Wildman–Crippen LogP) is -0.405. The van der Waals surface area contributed by atoms with Gasteiger partial charge < -0.3 is 26.1 Å². The number of methoxy groups -OCH3 is 1. The van der Waals surface area contributed by atoms with Crippen LogP contribution in [0.5, 0.6) is 5.88 Å². The molecular weight excluding hydrogens is 424 g/mol. The standard InChI is InChI=1S/C22H30N8O3/c1-4-15-5-7-16(8-6-15)19(13-25-2)27-21(31)17(23)14-30(24)12-11-26-22(32)18-9-10-20(33-3)29-28-18/h5-10,13-14,19H,4,11-12,23-24H2,1-3H3,(H,26,32)(H,27,31)/p+1/b17-14-,25-13?. The molecule has 0 fully saturated rings. The van der Waals surface area contributed by atoms with Crippen molar-refractivity contribution in [3.05, 3.63) is 65.1 Å². The van der Waals surface area contributed by atoms with Crippen LogP contribution in [-0.4, -0.2) is 60.5 Å². The van der Waals surface area contributed by atoms with Crippen molar-refractivity contribution in [2.24, 2.45) is 10.8 Å². The van der Waals surface area contributed by atoms with Crippen LogP contribution in [-0.2, 0) is 11.2 Å². The molecule has 0 aliphatic heterocycles. The quantitative estimate of drug-likeness (QED) is 0.155. The number of aryl methyl sites for hydroxylation is 1. The van der Waals surface area contributed by atoms with E-state index in [4.69, 9.17) is 10.6 Å². The summed E-state index contributed by atoms with van der Waals surface area (Å²) in [6.45, 7) is 2.56. The Balaban J connectivity index is 1.88. The van der Waals surface area contributed by atoms with Crippen molar-refractivity contribution in [1.29, 1.82) is 0 Å². The van der Waals surface area contributed by atoms with Crippen molar-refractivity contribution < 1.29 is 20.1 Å². The lowest BCUT2D eigenvalue weighted by molar-refractivity contribution is -0.300. The van der Waals surface area contributed by atoms with Gasteiger partial charge in [-0.1, -0.05) is 31.2 Å². The molecule has 1 unspecified atom stereocenters. The van der Waals surface area contributed by atoms with Crippen LogP contribution in [0.3, 0.4) is 0 Å². The second-order valence-corrected chi connectivity index (χ2v) is 7.06. The van der Waals surface area contributed by atoms with Gasteiger partial charge in [-0.05, 0) is 23.6 Å². The van der Waals surface area contributed by atoms with Gasteiger partial charge >= 0.3 is 5.91 Å². The summed E-state index contributed by atoms with van der Waals surface area (Å²) in [6, 6.07) is 10.6. The van der Waals surface area contributed by atoms with Crippen molar-refractivity contribution in [2.75, 3.05) is 27.2 Å². The fourth-order valence-electron chi connectivity index (χ4n) is 2.81. The third-order valence-electron chi connectivity index (χ3n) is 4.68. The van der Waals surface area contributed by atoms with Gasteiger partial charge in [-0.15, -0.1) is 10.2 Å². The summed E-state index contributed by atoms with van der Waals surface area (Å²) in [5.74, 6) is 5.46. The van der Waals surface area contributed by atoms with Gasteiger partial charge in [-0.25, -0.2) is 5.84 Å². The van der Waals surface area contributed by atoms with Gasteiger partial charge in [0.1, 0.15) is 0 Å². The van der Waals surface area contributed by atoms with Gasteiger partial charge in [0.05, 0.1) is 25.9 Å². The summed E-state index contributed by atoms with van der Waals surface area (Å²) in [6.07, 6.45) is 4.00. The Morgan fingerprint density at radius 2 is 1.97 bits per heavy atom. The summed E-state index contributed by atoms with van der Waals surface area (Å²) in [5, 5.41) is 14.4. The first-order chi connectivity index (χ1) is 15.9. The zero-order valence-electron chi connectivity index (χ0n) is 19.1. The highest BCUT2D eigenvalue weighted by Gasteiger charge is 2.17. The molecule has 11 nitrogen and oxygen atoms in total. The largest absolute Gasteiger partial charge is 0.480 e. The molecule has 0 saturated heterocycles. The molecule has 33 heavy (non-hydrogen) atoms. The number of aliphatic imine (C=N–C) groups is 1. The number of carbonyl (C=O) groups is 2. The number of aromatic nitrogens is 2. The Labute approximate surface area is 192 Å². The molecule has 0 aliphatic carbocycles. The molecule has 0 bridgehead atoms. The number of hydrazine groups is 1. The fourth-order valence-corrected chi connectivity index (χ4v) is 2.81. The zero-order chi connectivity index (χ0) is 24.2. The van der Waals surface area contributed by atoms with Crippen LogP contribution in [0.15, 0.2) is 53.3 Å². The summed E-state index contributed by atoms with van der Waals surface area (Å²) in [7, 11) is 3.11. The SMILES string of the molecule is CCc1ccc(C(C=NC)NC(=O)/C([NH3+])=C/N(N)CCNC(=O)c2ccc(OC)nn2)cc1. The monoisotopic (exact) mass is 455 g/mol. The van der Waals surface area contributed by atoms with Gasteiger partial charge in [0.15, 0.2) is 5.69 Å². The van der Waals surface area contributed by atoms with E-state index in [-0.39, 0.29) is 30.4 Å². The van der Waals surface area contributed by atoms with Crippen molar-refractivity contribution >= 4 is 18.0 Å².